The van der Waals surface area contributed by atoms with E-state index in [1.807, 2.05) is 30.3 Å². The van der Waals surface area contributed by atoms with Crippen molar-refractivity contribution in [3.8, 4) is 5.75 Å². The Bertz CT molecular complexity index is 496. The summed E-state index contributed by atoms with van der Waals surface area (Å²) >= 11 is 1.35. The van der Waals surface area contributed by atoms with Crippen LogP contribution in [0.5, 0.6) is 5.75 Å². The van der Waals surface area contributed by atoms with Crippen molar-refractivity contribution in [1.29, 1.82) is 0 Å². The molecule has 0 saturated carbocycles. The Balaban J connectivity index is 2.33. The van der Waals surface area contributed by atoms with E-state index in [1.54, 1.807) is 0 Å². The van der Waals surface area contributed by atoms with Gasteiger partial charge in [0.1, 0.15) is 5.75 Å². The third-order valence-electron chi connectivity index (χ3n) is 2.29. The highest BCUT2D eigenvalue weighted by Crippen LogP contribution is 2.43. The Kier molecular flexibility index (Phi) is 1.69. The van der Waals surface area contributed by atoms with Crippen LogP contribution in [-0.2, 0) is 0 Å². The van der Waals surface area contributed by atoms with Crippen molar-refractivity contribution in [3.63, 3.8) is 0 Å². The highest BCUT2D eigenvalue weighted by Gasteiger charge is 2.22. The van der Waals surface area contributed by atoms with Gasteiger partial charge in [0.25, 0.3) is 5.62 Å². The SMILES string of the molecule is OC1Oc2ccc3ccccc3c2S1. The molecular formula is C11H8O2S. The zero-order chi connectivity index (χ0) is 9.54. The molecule has 3 heteroatoms. The maximum absolute atomic E-state index is 9.35. The molecule has 1 N–H and O–H groups in total. The van der Waals surface area contributed by atoms with Crippen LogP contribution in [-0.4, -0.2) is 10.7 Å². The van der Waals surface area contributed by atoms with Crippen molar-refractivity contribution in [2.24, 2.45) is 0 Å². The molecule has 14 heavy (non-hydrogen) atoms. The predicted molar refractivity (Wildman–Crippen MR) is 56.4 cm³/mol. The van der Waals surface area contributed by atoms with Gasteiger partial charge in [0, 0.05) is 0 Å². The third-order valence-corrected chi connectivity index (χ3v) is 3.24. The zero-order valence-corrected chi connectivity index (χ0v) is 8.12. The maximum Gasteiger partial charge on any atom is 0.251 e. The zero-order valence-electron chi connectivity index (χ0n) is 7.31. The molecule has 70 valence electrons. The van der Waals surface area contributed by atoms with Gasteiger partial charge in [-0.1, -0.05) is 30.3 Å². The minimum atomic E-state index is -0.754. The summed E-state index contributed by atoms with van der Waals surface area (Å²) in [7, 11) is 0. The van der Waals surface area contributed by atoms with Crippen LogP contribution in [0.15, 0.2) is 41.3 Å². The quantitative estimate of drug-likeness (QED) is 0.715. The first-order chi connectivity index (χ1) is 6.84. The van der Waals surface area contributed by atoms with Crippen LogP contribution < -0.4 is 4.74 Å². The first-order valence-electron chi connectivity index (χ1n) is 4.38. The molecule has 0 spiro atoms. The summed E-state index contributed by atoms with van der Waals surface area (Å²) in [6.45, 7) is 0. The van der Waals surface area contributed by atoms with E-state index in [0.717, 1.165) is 16.0 Å². The van der Waals surface area contributed by atoms with Gasteiger partial charge in [-0.3, -0.25) is 0 Å². The lowest BCUT2D eigenvalue weighted by atomic mass is 10.1. The number of fused-ring (bicyclic) bond motifs is 3. The van der Waals surface area contributed by atoms with E-state index in [0.29, 0.717) is 0 Å². The molecule has 0 aromatic heterocycles. The molecule has 1 heterocycles. The fourth-order valence-corrected chi connectivity index (χ4v) is 2.57. The van der Waals surface area contributed by atoms with Crippen LogP contribution in [0, 0.1) is 0 Å². The van der Waals surface area contributed by atoms with Crippen LogP contribution in [0.2, 0.25) is 0 Å². The summed E-state index contributed by atoms with van der Waals surface area (Å²) in [5.41, 5.74) is -0.754. The molecule has 0 amide bonds. The number of thioether (sulfide) groups is 1. The molecule has 2 nitrogen and oxygen atoms in total. The van der Waals surface area contributed by atoms with E-state index in [2.05, 4.69) is 6.07 Å². The average Bonchev–Trinajstić information content (AvgIpc) is 2.59. The summed E-state index contributed by atoms with van der Waals surface area (Å²) in [6, 6.07) is 12.0. The molecule has 0 aliphatic carbocycles. The third kappa shape index (κ3) is 1.10. The Morgan fingerprint density at radius 1 is 1.14 bits per heavy atom. The number of hydrogen-bond acceptors (Lipinski definition) is 3. The molecule has 0 saturated heterocycles. The minimum absolute atomic E-state index is 0.754. The standard InChI is InChI=1S/C11H8O2S/c12-11-13-9-6-5-7-3-1-2-4-8(7)10(9)14-11/h1-6,11-12H. The summed E-state index contributed by atoms with van der Waals surface area (Å²) in [4.78, 5) is 1.04. The van der Waals surface area contributed by atoms with Crippen LogP contribution >= 0.6 is 11.8 Å². The lowest BCUT2D eigenvalue weighted by molar-refractivity contribution is 0.0684. The van der Waals surface area contributed by atoms with Crippen molar-refractivity contribution >= 4 is 22.5 Å². The lowest BCUT2D eigenvalue weighted by Crippen LogP contribution is -2.02. The molecule has 1 aliphatic heterocycles. The van der Waals surface area contributed by atoms with Crippen molar-refractivity contribution in [1.82, 2.24) is 0 Å². The molecule has 0 radical (unpaired) electrons. The summed E-state index contributed by atoms with van der Waals surface area (Å²) in [5, 5.41) is 11.7. The fraction of sp³-hybridized carbons (Fsp3) is 0.0909. The van der Waals surface area contributed by atoms with Gasteiger partial charge in [0.15, 0.2) is 0 Å². The molecule has 1 unspecified atom stereocenters. The number of aliphatic hydroxyl groups is 1. The van der Waals surface area contributed by atoms with Gasteiger partial charge < -0.3 is 9.84 Å². The maximum atomic E-state index is 9.35. The average molecular weight is 204 g/mol. The van der Waals surface area contributed by atoms with Crippen molar-refractivity contribution in [3.05, 3.63) is 36.4 Å². The summed E-state index contributed by atoms with van der Waals surface area (Å²) < 4.78 is 5.23. The molecule has 1 atom stereocenters. The highest BCUT2D eigenvalue weighted by molar-refractivity contribution is 8.00. The van der Waals surface area contributed by atoms with E-state index in [1.165, 1.54) is 17.1 Å². The van der Waals surface area contributed by atoms with E-state index in [9.17, 15) is 5.11 Å². The molecule has 0 bridgehead atoms. The van der Waals surface area contributed by atoms with E-state index >= 15 is 0 Å². The van der Waals surface area contributed by atoms with Gasteiger partial charge in [-0.15, -0.1) is 0 Å². The molecule has 3 rings (SSSR count). The molecule has 2 aromatic rings. The van der Waals surface area contributed by atoms with E-state index in [-0.39, 0.29) is 0 Å². The van der Waals surface area contributed by atoms with Gasteiger partial charge in [0.2, 0.25) is 0 Å². The second-order valence-corrected chi connectivity index (χ2v) is 4.20. The van der Waals surface area contributed by atoms with Gasteiger partial charge >= 0.3 is 0 Å². The lowest BCUT2D eigenvalue weighted by Gasteiger charge is -2.01. The molecule has 2 aromatic carbocycles. The van der Waals surface area contributed by atoms with Crippen LogP contribution in [0.3, 0.4) is 0 Å². The van der Waals surface area contributed by atoms with Gasteiger partial charge in [-0.05, 0) is 28.6 Å². The highest BCUT2D eigenvalue weighted by atomic mass is 32.2. The predicted octanol–water partition coefficient (Wildman–Crippen LogP) is 2.60. The molecular weight excluding hydrogens is 196 g/mol. The normalized spacial score (nSPS) is 19.4. The van der Waals surface area contributed by atoms with Crippen LogP contribution in [0.1, 0.15) is 0 Å². The van der Waals surface area contributed by atoms with Crippen LogP contribution in [0.25, 0.3) is 10.8 Å². The molecule has 1 aliphatic rings. The Hall–Kier alpha value is -1.19. The second kappa shape index (κ2) is 2.90. The first-order valence-corrected chi connectivity index (χ1v) is 5.26. The minimum Gasteiger partial charge on any atom is -0.454 e. The van der Waals surface area contributed by atoms with Gasteiger partial charge in [-0.2, -0.15) is 0 Å². The number of rotatable bonds is 0. The van der Waals surface area contributed by atoms with Gasteiger partial charge in [0.05, 0.1) is 4.90 Å². The van der Waals surface area contributed by atoms with Gasteiger partial charge in [-0.25, -0.2) is 0 Å². The monoisotopic (exact) mass is 204 g/mol. The summed E-state index contributed by atoms with van der Waals surface area (Å²) in [5.74, 6) is 0.779. The number of ether oxygens (including phenoxy) is 1. The second-order valence-electron chi connectivity index (χ2n) is 3.16. The Morgan fingerprint density at radius 2 is 2.00 bits per heavy atom. The number of aliphatic hydroxyl groups excluding tert-OH is 1. The fourth-order valence-electron chi connectivity index (χ4n) is 1.67. The van der Waals surface area contributed by atoms with Crippen LogP contribution in [0.4, 0.5) is 0 Å². The summed E-state index contributed by atoms with van der Waals surface area (Å²) in [6.07, 6.45) is 0. The van der Waals surface area contributed by atoms with Crippen molar-refractivity contribution in [2.75, 3.05) is 0 Å². The van der Waals surface area contributed by atoms with E-state index in [4.69, 9.17) is 4.74 Å². The smallest absolute Gasteiger partial charge is 0.251 e. The van der Waals surface area contributed by atoms with Crippen molar-refractivity contribution < 1.29 is 9.84 Å². The largest absolute Gasteiger partial charge is 0.454 e. The number of benzene rings is 2. The molecule has 0 fully saturated rings. The topological polar surface area (TPSA) is 29.5 Å². The Morgan fingerprint density at radius 3 is 2.93 bits per heavy atom. The first kappa shape index (κ1) is 8.15. The van der Waals surface area contributed by atoms with Crippen molar-refractivity contribution in [2.45, 2.75) is 10.5 Å². The number of hydrogen-bond donors (Lipinski definition) is 1. The van der Waals surface area contributed by atoms with E-state index < -0.39 is 5.62 Å². The Labute approximate surface area is 85.5 Å².